The summed E-state index contributed by atoms with van der Waals surface area (Å²) in [6.07, 6.45) is 0. The lowest BCUT2D eigenvalue weighted by molar-refractivity contribution is -0.384. The highest BCUT2D eigenvalue weighted by Crippen LogP contribution is 2.27. The van der Waals surface area contributed by atoms with Gasteiger partial charge in [-0.25, -0.2) is 4.98 Å². The van der Waals surface area contributed by atoms with Gasteiger partial charge in [-0.15, -0.1) is 0 Å². The van der Waals surface area contributed by atoms with Gasteiger partial charge in [-0.05, 0) is 31.5 Å². The number of anilines is 1. The molecule has 0 aliphatic heterocycles. The summed E-state index contributed by atoms with van der Waals surface area (Å²) in [6, 6.07) is 21.5. The Labute approximate surface area is 173 Å². The van der Waals surface area contributed by atoms with Crippen molar-refractivity contribution in [2.45, 2.75) is 13.8 Å². The number of benzene rings is 3. The Balaban J connectivity index is 1.79. The lowest BCUT2D eigenvalue weighted by atomic mass is 10.0. The van der Waals surface area contributed by atoms with E-state index in [9.17, 15) is 14.9 Å². The number of rotatable bonds is 4. The van der Waals surface area contributed by atoms with E-state index in [0.29, 0.717) is 27.8 Å². The lowest BCUT2D eigenvalue weighted by Crippen LogP contribution is -2.14. The molecule has 1 N–H and O–H groups in total. The summed E-state index contributed by atoms with van der Waals surface area (Å²) < 4.78 is 0. The summed E-state index contributed by atoms with van der Waals surface area (Å²) >= 11 is 0. The van der Waals surface area contributed by atoms with Crippen LogP contribution in [0.15, 0.2) is 72.8 Å². The number of amides is 1. The highest BCUT2D eigenvalue weighted by Gasteiger charge is 2.16. The van der Waals surface area contributed by atoms with E-state index in [4.69, 9.17) is 4.98 Å². The molecule has 1 aromatic heterocycles. The van der Waals surface area contributed by atoms with E-state index in [1.807, 2.05) is 55.5 Å². The standard InChI is InChI=1S/C24H19N3O3/c1-15-7-10-17(11-8-15)23-14-20(19-5-3-4-6-21(19)25-23)24(28)26-22-13-18(27(29)30)12-9-16(22)2/h3-14H,1-2H3,(H,26,28). The van der Waals surface area contributed by atoms with Gasteiger partial charge in [0, 0.05) is 23.1 Å². The van der Waals surface area contributed by atoms with Gasteiger partial charge in [0.2, 0.25) is 0 Å². The van der Waals surface area contributed by atoms with Crippen molar-refractivity contribution in [2.75, 3.05) is 5.32 Å². The number of nitro groups is 1. The first-order valence-corrected chi connectivity index (χ1v) is 9.45. The van der Waals surface area contributed by atoms with Gasteiger partial charge in [0.05, 0.1) is 27.4 Å². The van der Waals surface area contributed by atoms with E-state index in [2.05, 4.69) is 5.32 Å². The summed E-state index contributed by atoms with van der Waals surface area (Å²) in [5.74, 6) is -0.342. The summed E-state index contributed by atoms with van der Waals surface area (Å²) in [6.45, 7) is 3.81. The van der Waals surface area contributed by atoms with Crippen molar-refractivity contribution < 1.29 is 9.72 Å². The molecule has 0 fully saturated rings. The Morgan fingerprint density at radius 3 is 2.43 bits per heavy atom. The molecule has 0 aliphatic carbocycles. The second kappa shape index (κ2) is 7.75. The zero-order valence-electron chi connectivity index (χ0n) is 16.5. The number of carbonyl (C=O) groups excluding carboxylic acids is 1. The number of hydrogen-bond donors (Lipinski definition) is 1. The molecule has 0 atom stereocenters. The van der Waals surface area contributed by atoms with Crippen LogP contribution in [-0.2, 0) is 0 Å². The molecule has 4 rings (SSSR count). The van der Waals surface area contributed by atoms with Gasteiger partial charge in [-0.2, -0.15) is 0 Å². The summed E-state index contributed by atoms with van der Waals surface area (Å²) in [5, 5.41) is 14.7. The zero-order chi connectivity index (χ0) is 21.3. The Kier molecular flexibility index (Phi) is 4.98. The maximum atomic E-state index is 13.2. The molecular formula is C24H19N3O3. The minimum atomic E-state index is -0.480. The van der Waals surface area contributed by atoms with Gasteiger partial charge >= 0.3 is 0 Å². The number of non-ortho nitro benzene ring substituents is 1. The molecule has 0 saturated carbocycles. The van der Waals surface area contributed by atoms with Crippen LogP contribution in [0, 0.1) is 24.0 Å². The van der Waals surface area contributed by atoms with Crippen LogP contribution in [0.25, 0.3) is 22.2 Å². The summed E-state index contributed by atoms with van der Waals surface area (Å²) in [7, 11) is 0. The van der Waals surface area contributed by atoms with Crippen molar-refractivity contribution in [1.29, 1.82) is 0 Å². The predicted octanol–water partition coefficient (Wildman–Crippen LogP) is 5.68. The fourth-order valence-electron chi connectivity index (χ4n) is 3.28. The summed E-state index contributed by atoms with van der Waals surface area (Å²) in [5.41, 5.74) is 4.98. The Morgan fingerprint density at radius 1 is 0.967 bits per heavy atom. The van der Waals surface area contributed by atoms with E-state index in [0.717, 1.165) is 16.7 Å². The molecule has 0 aliphatic rings. The molecule has 30 heavy (non-hydrogen) atoms. The normalized spacial score (nSPS) is 10.7. The third-order valence-electron chi connectivity index (χ3n) is 4.99. The third kappa shape index (κ3) is 3.75. The molecule has 0 spiro atoms. The average molecular weight is 397 g/mol. The fraction of sp³-hybridized carbons (Fsp3) is 0.0833. The molecule has 0 bridgehead atoms. The highest BCUT2D eigenvalue weighted by molar-refractivity contribution is 6.13. The van der Waals surface area contributed by atoms with Crippen LogP contribution in [0.4, 0.5) is 11.4 Å². The van der Waals surface area contributed by atoms with Crippen LogP contribution in [-0.4, -0.2) is 15.8 Å². The van der Waals surface area contributed by atoms with Crippen molar-refractivity contribution in [3.63, 3.8) is 0 Å². The first kappa shape index (κ1) is 19.3. The molecule has 0 radical (unpaired) electrons. The number of nitrogens with one attached hydrogen (secondary N) is 1. The van der Waals surface area contributed by atoms with E-state index in [1.54, 1.807) is 19.1 Å². The van der Waals surface area contributed by atoms with Crippen LogP contribution in [0.2, 0.25) is 0 Å². The Hall–Kier alpha value is -4.06. The maximum Gasteiger partial charge on any atom is 0.271 e. The van der Waals surface area contributed by atoms with Gasteiger partial charge in [0.15, 0.2) is 0 Å². The molecule has 0 saturated heterocycles. The molecule has 4 aromatic rings. The highest BCUT2D eigenvalue weighted by atomic mass is 16.6. The number of aromatic nitrogens is 1. The number of nitrogens with zero attached hydrogens (tertiary/aromatic N) is 2. The number of hydrogen-bond acceptors (Lipinski definition) is 4. The average Bonchev–Trinajstić information content (AvgIpc) is 2.74. The maximum absolute atomic E-state index is 13.2. The first-order valence-electron chi connectivity index (χ1n) is 9.45. The lowest BCUT2D eigenvalue weighted by Gasteiger charge is -2.12. The van der Waals surface area contributed by atoms with E-state index in [1.165, 1.54) is 12.1 Å². The minimum Gasteiger partial charge on any atom is -0.321 e. The second-order valence-corrected chi connectivity index (χ2v) is 7.15. The van der Waals surface area contributed by atoms with E-state index >= 15 is 0 Å². The number of nitro benzene ring substituents is 1. The molecule has 148 valence electrons. The van der Waals surface area contributed by atoms with Crippen molar-refractivity contribution in [3.8, 4) is 11.3 Å². The van der Waals surface area contributed by atoms with Crippen molar-refractivity contribution in [1.82, 2.24) is 4.98 Å². The molecule has 6 heteroatoms. The Bertz CT molecular complexity index is 1280. The number of carbonyl (C=O) groups is 1. The van der Waals surface area contributed by atoms with Gasteiger partial charge < -0.3 is 5.32 Å². The smallest absolute Gasteiger partial charge is 0.271 e. The van der Waals surface area contributed by atoms with Gasteiger partial charge in [-0.1, -0.05) is 54.1 Å². The van der Waals surface area contributed by atoms with Crippen molar-refractivity contribution in [3.05, 3.63) is 99.6 Å². The van der Waals surface area contributed by atoms with Crippen LogP contribution >= 0.6 is 0 Å². The van der Waals surface area contributed by atoms with E-state index in [-0.39, 0.29) is 11.6 Å². The van der Waals surface area contributed by atoms with E-state index < -0.39 is 4.92 Å². The zero-order valence-corrected chi connectivity index (χ0v) is 16.5. The fourth-order valence-corrected chi connectivity index (χ4v) is 3.28. The predicted molar refractivity (Wildman–Crippen MR) is 118 cm³/mol. The summed E-state index contributed by atoms with van der Waals surface area (Å²) in [4.78, 5) is 28.5. The van der Waals surface area contributed by atoms with Crippen molar-refractivity contribution >= 4 is 28.2 Å². The molecule has 1 amide bonds. The minimum absolute atomic E-state index is 0.0733. The number of aryl methyl sites for hydroxylation is 2. The van der Waals surface area contributed by atoms with Crippen LogP contribution in [0.5, 0.6) is 0 Å². The third-order valence-corrected chi connectivity index (χ3v) is 4.99. The van der Waals surface area contributed by atoms with Crippen LogP contribution in [0.1, 0.15) is 21.5 Å². The monoisotopic (exact) mass is 397 g/mol. The second-order valence-electron chi connectivity index (χ2n) is 7.15. The molecule has 6 nitrogen and oxygen atoms in total. The molecule has 3 aromatic carbocycles. The van der Waals surface area contributed by atoms with Crippen LogP contribution in [0.3, 0.4) is 0 Å². The Morgan fingerprint density at radius 2 is 1.70 bits per heavy atom. The number of para-hydroxylation sites is 1. The quantitative estimate of drug-likeness (QED) is 0.355. The topological polar surface area (TPSA) is 85.1 Å². The number of pyridine rings is 1. The van der Waals surface area contributed by atoms with Crippen molar-refractivity contribution in [2.24, 2.45) is 0 Å². The molecule has 1 heterocycles. The first-order chi connectivity index (χ1) is 14.4. The van der Waals surface area contributed by atoms with Gasteiger partial charge in [0.1, 0.15) is 0 Å². The largest absolute Gasteiger partial charge is 0.321 e. The SMILES string of the molecule is Cc1ccc(-c2cc(C(=O)Nc3cc([N+](=O)[O-])ccc3C)c3ccccc3n2)cc1. The number of fused-ring (bicyclic) bond motifs is 1. The molecular weight excluding hydrogens is 378 g/mol. The van der Waals surface area contributed by atoms with Gasteiger partial charge in [-0.3, -0.25) is 14.9 Å². The molecule has 0 unspecified atom stereocenters. The van der Waals surface area contributed by atoms with Gasteiger partial charge in [0.25, 0.3) is 11.6 Å². The van der Waals surface area contributed by atoms with Crippen LogP contribution < -0.4 is 5.32 Å².